The molecule has 2 saturated heterocycles. The summed E-state index contributed by atoms with van der Waals surface area (Å²) in [6.07, 6.45) is 5.02. The first-order valence-corrected chi connectivity index (χ1v) is 8.18. The maximum absolute atomic E-state index is 11.6. The van der Waals surface area contributed by atoms with Crippen LogP contribution in [0.4, 0.5) is 5.95 Å². The highest BCUT2D eigenvalue weighted by atomic mass is 16.5. The van der Waals surface area contributed by atoms with Gasteiger partial charge in [-0.2, -0.15) is 0 Å². The van der Waals surface area contributed by atoms with Crippen molar-refractivity contribution in [3.8, 4) is 0 Å². The van der Waals surface area contributed by atoms with Crippen LogP contribution in [-0.4, -0.2) is 72.9 Å². The van der Waals surface area contributed by atoms with Crippen molar-refractivity contribution in [2.24, 2.45) is 0 Å². The summed E-state index contributed by atoms with van der Waals surface area (Å²) in [5.41, 5.74) is 0.371. The van der Waals surface area contributed by atoms with E-state index < -0.39 is 0 Å². The third kappa shape index (κ3) is 3.61. The Morgan fingerprint density at radius 3 is 2.61 bits per heavy atom. The molecule has 23 heavy (non-hydrogen) atoms. The number of rotatable bonds is 3. The van der Waals surface area contributed by atoms with E-state index in [9.17, 15) is 4.79 Å². The van der Waals surface area contributed by atoms with E-state index in [4.69, 9.17) is 9.47 Å². The molecule has 7 nitrogen and oxygen atoms in total. The van der Waals surface area contributed by atoms with Crippen molar-refractivity contribution in [2.45, 2.75) is 25.4 Å². The molecule has 3 rings (SSSR count). The van der Waals surface area contributed by atoms with E-state index >= 15 is 0 Å². The van der Waals surface area contributed by atoms with Crippen LogP contribution < -0.4 is 4.90 Å². The number of morpholine rings is 1. The fraction of sp³-hybridized carbons (Fsp3) is 0.688. The molecule has 2 aliphatic heterocycles. The molecule has 0 N–H and O–H groups in total. The van der Waals surface area contributed by atoms with E-state index in [0.717, 1.165) is 45.6 Å². The predicted molar refractivity (Wildman–Crippen MR) is 85.6 cm³/mol. The number of likely N-dealkylation sites (N-methyl/N-ethyl adjacent to an activating group) is 1. The first-order valence-electron chi connectivity index (χ1n) is 8.18. The summed E-state index contributed by atoms with van der Waals surface area (Å²) in [4.78, 5) is 24.8. The molecular weight excluding hydrogens is 296 g/mol. The Bertz CT molecular complexity index is 541. The number of carbonyl (C=O) groups excluding carboxylic acids is 1. The standard InChI is InChI=1S/C16H24N4O3/c1-3-22-14(21)13-10-17-15(18-11-13)20-6-4-16(5-7-20)12-19(2)8-9-23-16/h10-11H,3-9,12H2,1-2H3. The van der Waals surface area contributed by atoms with Crippen LogP contribution >= 0.6 is 0 Å². The molecule has 1 spiro atoms. The molecule has 1 aromatic heterocycles. The summed E-state index contributed by atoms with van der Waals surface area (Å²) in [5, 5.41) is 0. The summed E-state index contributed by atoms with van der Waals surface area (Å²) in [5.74, 6) is 0.285. The molecule has 1 aromatic rings. The topological polar surface area (TPSA) is 67.8 Å². The van der Waals surface area contributed by atoms with Gasteiger partial charge in [-0.25, -0.2) is 14.8 Å². The van der Waals surface area contributed by atoms with Crippen LogP contribution in [-0.2, 0) is 9.47 Å². The number of ether oxygens (including phenoxy) is 2. The van der Waals surface area contributed by atoms with Gasteiger partial charge in [-0.15, -0.1) is 0 Å². The van der Waals surface area contributed by atoms with Gasteiger partial charge in [0.15, 0.2) is 0 Å². The fourth-order valence-corrected chi connectivity index (χ4v) is 3.26. The summed E-state index contributed by atoms with van der Waals surface area (Å²) in [7, 11) is 2.15. The maximum atomic E-state index is 11.6. The van der Waals surface area contributed by atoms with Crippen LogP contribution in [0.3, 0.4) is 0 Å². The molecule has 7 heteroatoms. The molecule has 3 heterocycles. The molecule has 2 aliphatic rings. The number of carbonyl (C=O) groups is 1. The number of hydrogen-bond acceptors (Lipinski definition) is 7. The number of anilines is 1. The van der Waals surface area contributed by atoms with Crippen LogP contribution in [0, 0.1) is 0 Å². The summed E-state index contributed by atoms with van der Waals surface area (Å²) < 4.78 is 11.0. The summed E-state index contributed by atoms with van der Waals surface area (Å²) in [6.45, 7) is 6.67. The van der Waals surface area contributed by atoms with Crippen molar-refractivity contribution in [2.75, 3.05) is 51.3 Å². The molecule has 126 valence electrons. The highest BCUT2D eigenvalue weighted by Gasteiger charge is 2.39. The van der Waals surface area contributed by atoms with Gasteiger partial charge in [0.25, 0.3) is 0 Å². The summed E-state index contributed by atoms with van der Waals surface area (Å²) >= 11 is 0. The quantitative estimate of drug-likeness (QED) is 0.768. The lowest BCUT2D eigenvalue weighted by Crippen LogP contribution is -2.56. The molecule has 0 aromatic carbocycles. The van der Waals surface area contributed by atoms with Crippen molar-refractivity contribution in [1.82, 2.24) is 14.9 Å². The second kappa shape index (κ2) is 6.80. The van der Waals surface area contributed by atoms with Gasteiger partial charge in [0.05, 0.1) is 24.4 Å². The van der Waals surface area contributed by atoms with Gasteiger partial charge in [-0.3, -0.25) is 0 Å². The molecule has 0 unspecified atom stereocenters. The van der Waals surface area contributed by atoms with Crippen molar-refractivity contribution >= 4 is 11.9 Å². The summed E-state index contributed by atoms with van der Waals surface area (Å²) in [6, 6.07) is 0. The van der Waals surface area contributed by atoms with E-state index in [0.29, 0.717) is 18.1 Å². The highest BCUT2D eigenvalue weighted by molar-refractivity contribution is 5.88. The Kier molecular flexibility index (Phi) is 4.77. The average Bonchev–Trinajstić information content (AvgIpc) is 2.56. The van der Waals surface area contributed by atoms with E-state index in [1.54, 1.807) is 6.92 Å². The lowest BCUT2D eigenvalue weighted by atomic mass is 9.89. The third-order valence-electron chi connectivity index (χ3n) is 4.55. The van der Waals surface area contributed by atoms with Crippen molar-refractivity contribution < 1.29 is 14.3 Å². The van der Waals surface area contributed by atoms with Crippen LogP contribution in [0.5, 0.6) is 0 Å². The number of esters is 1. The Labute approximate surface area is 136 Å². The first-order chi connectivity index (χ1) is 11.1. The molecule has 0 bridgehead atoms. The van der Waals surface area contributed by atoms with Crippen molar-refractivity contribution in [1.29, 1.82) is 0 Å². The molecule has 0 aliphatic carbocycles. The third-order valence-corrected chi connectivity index (χ3v) is 4.55. The number of aromatic nitrogens is 2. The monoisotopic (exact) mass is 320 g/mol. The van der Waals surface area contributed by atoms with Crippen LogP contribution in [0.2, 0.25) is 0 Å². The van der Waals surface area contributed by atoms with Gasteiger partial charge >= 0.3 is 5.97 Å². The molecule has 0 saturated carbocycles. The second-order valence-electron chi connectivity index (χ2n) is 6.25. The number of piperidine rings is 1. The van der Waals surface area contributed by atoms with Crippen molar-refractivity contribution in [3.05, 3.63) is 18.0 Å². The lowest BCUT2D eigenvalue weighted by Gasteiger charge is -2.46. The maximum Gasteiger partial charge on any atom is 0.341 e. The van der Waals surface area contributed by atoms with Gasteiger partial charge in [0, 0.05) is 38.6 Å². The fourth-order valence-electron chi connectivity index (χ4n) is 3.26. The first kappa shape index (κ1) is 16.1. The largest absolute Gasteiger partial charge is 0.462 e. The van der Waals surface area contributed by atoms with Gasteiger partial charge in [0.2, 0.25) is 5.95 Å². The second-order valence-corrected chi connectivity index (χ2v) is 6.25. The Morgan fingerprint density at radius 1 is 1.30 bits per heavy atom. The predicted octanol–water partition coefficient (Wildman–Crippen LogP) is 0.954. The minimum absolute atomic E-state index is 0.0195. The van der Waals surface area contributed by atoms with Crippen molar-refractivity contribution in [3.63, 3.8) is 0 Å². The van der Waals surface area contributed by atoms with Gasteiger partial charge < -0.3 is 19.3 Å². The normalized spacial score (nSPS) is 21.4. The Hall–Kier alpha value is -1.73. The van der Waals surface area contributed by atoms with Gasteiger partial charge in [-0.05, 0) is 26.8 Å². The van der Waals surface area contributed by atoms with Gasteiger partial charge in [0.1, 0.15) is 0 Å². The van der Waals surface area contributed by atoms with E-state index in [1.807, 2.05) is 0 Å². The van der Waals surface area contributed by atoms with Crippen LogP contribution in [0.25, 0.3) is 0 Å². The number of hydrogen-bond donors (Lipinski definition) is 0. The van der Waals surface area contributed by atoms with Crippen LogP contribution in [0.1, 0.15) is 30.1 Å². The molecule has 2 fully saturated rings. The SMILES string of the molecule is CCOC(=O)c1cnc(N2CCC3(CC2)CN(C)CCO3)nc1. The Balaban J connectivity index is 1.60. The minimum Gasteiger partial charge on any atom is -0.462 e. The average molecular weight is 320 g/mol. The van der Waals surface area contributed by atoms with E-state index in [1.165, 1.54) is 12.4 Å². The molecule has 0 radical (unpaired) electrons. The minimum atomic E-state index is -0.379. The van der Waals surface area contributed by atoms with Gasteiger partial charge in [-0.1, -0.05) is 0 Å². The molecule has 0 amide bonds. The van der Waals surface area contributed by atoms with E-state index in [2.05, 4.69) is 26.8 Å². The number of nitrogens with zero attached hydrogens (tertiary/aromatic N) is 4. The zero-order valence-electron chi connectivity index (χ0n) is 13.8. The zero-order valence-corrected chi connectivity index (χ0v) is 13.8. The lowest BCUT2D eigenvalue weighted by molar-refractivity contribution is -0.115. The highest BCUT2D eigenvalue weighted by Crippen LogP contribution is 2.30. The molecule has 0 atom stereocenters. The Morgan fingerprint density at radius 2 is 2.00 bits per heavy atom. The molecular formula is C16H24N4O3. The smallest absolute Gasteiger partial charge is 0.341 e. The van der Waals surface area contributed by atoms with Crippen LogP contribution in [0.15, 0.2) is 12.4 Å². The van der Waals surface area contributed by atoms with E-state index in [-0.39, 0.29) is 11.6 Å². The zero-order chi connectivity index (χ0) is 16.3.